The van der Waals surface area contributed by atoms with Gasteiger partial charge in [0.25, 0.3) is 0 Å². The highest BCUT2D eigenvalue weighted by Gasteiger charge is 2.11. The molecule has 0 atom stereocenters. The monoisotopic (exact) mass is 369 g/mol. The summed E-state index contributed by atoms with van der Waals surface area (Å²) in [7, 11) is 1.44. The van der Waals surface area contributed by atoms with E-state index in [2.05, 4.69) is 37.5 Å². The number of halogens is 2. The Morgan fingerprint density at radius 3 is 2.89 bits per heavy atom. The Morgan fingerprint density at radius 1 is 1.26 bits per heavy atom. The predicted octanol–water partition coefficient (Wildman–Crippen LogP) is 3.38. The van der Waals surface area contributed by atoms with Gasteiger partial charge in [-0.05, 0) is 46.9 Å². The Morgan fingerprint density at radius 2 is 2.11 bits per heavy atom. The second-order valence-corrected chi connectivity index (χ2v) is 5.11. The number of benzene rings is 1. The molecule has 3 aromatic rings. The second-order valence-electron chi connectivity index (χ2n) is 3.95. The quantitative estimate of drug-likeness (QED) is 0.705. The van der Waals surface area contributed by atoms with Crippen LogP contribution in [0.4, 0.5) is 4.39 Å². The minimum absolute atomic E-state index is 0.203. The zero-order valence-electron chi connectivity index (χ0n) is 9.95. The lowest BCUT2D eigenvalue weighted by molar-refractivity contribution is 0.387. The van der Waals surface area contributed by atoms with Crippen molar-refractivity contribution in [3.63, 3.8) is 0 Å². The van der Waals surface area contributed by atoms with Crippen molar-refractivity contribution in [3.05, 3.63) is 40.1 Å². The van der Waals surface area contributed by atoms with Crippen LogP contribution in [-0.2, 0) is 0 Å². The summed E-state index contributed by atoms with van der Waals surface area (Å²) in [5.41, 5.74) is 2.31. The molecule has 0 saturated carbocycles. The summed E-state index contributed by atoms with van der Waals surface area (Å²) in [6.45, 7) is 0. The SMILES string of the molecule is COc1cc(-c2ncnc3[nH]c(I)cc23)ccc1F. The molecule has 0 bridgehead atoms. The summed E-state index contributed by atoms with van der Waals surface area (Å²) in [5.74, 6) is -0.185. The van der Waals surface area contributed by atoms with Crippen LogP contribution in [0.5, 0.6) is 5.75 Å². The van der Waals surface area contributed by atoms with Crippen LogP contribution in [0, 0.1) is 9.52 Å². The van der Waals surface area contributed by atoms with Gasteiger partial charge in [-0.25, -0.2) is 14.4 Å². The van der Waals surface area contributed by atoms with E-state index in [1.807, 2.05) is 6.07 Å². The van der Waals surface area contributed by atoms with Crippen LogP contribution in [0.25, 0.3) is 22.3 Å². The number of H-pyrrole nitrogens is 1. The van der Waals surface area contributed by atoms with E-state index in [1.165, 1.54) is 19.5 Å². The standard InChI is InChI=1S/C13H9FIN3O/c1-19-10-4-7(2-3-9(10)14)12-8-5-11(15)18-13(8)17-6-16-12/h2-6H,1H3,(H,16,17,18). The molecule has 6 heteroatoms. The smallest absolute Gasteiger partial charge is 0.165 e. The van der Waals surface area contributed by atoms with Crippen LogP contribution < -0.4 is 4.74 Å². The van der Waals surface area contributed by atoms with Crippen molar-refractivity contribution in [2.75, 3.05) is 7.11 Å². The average Bonchev–Trinajstić information content (AvgIpc) is 2.79. The molecule has 4 nitrogen and oxygen atoms in total. The fourth-order valence-corrected chi connectivity index (χ4v) is 2.51. The number of fused-ring (bicyclic) bond motifs is 1. The maximum absolute atomic E-state index is 13.4. The van der Waals surface area contributed by atoms with Crippen molar-refractivity contribution < 1.29 is 9.13 Å². The van der Waals surface area contributed by atoms with Crippen LogP contribution >= 0.6 is 22.6 Å². The number of nitrogens with one attached hydrogen (secondary N) is 1. The molecule has 0 aliphatic heterocycles. The number of ether oxygens (including phenoxy) is 1. The normalized spacial score (nSPS) is 10.9. The van der Waals surface area contributed by atoms with Crippen molar-refractivity contribution in [2.45, 2.75) is 0 Å². The lowest BCUT2D eigenvalue weighted by Crippen LogP contribution is -1.91. The van der Waals surface area contributed by atoms with Gasteiger partial charge in [0, 0.05) is 10.9 Å². The highest BCUT2D eigenvalue weighted by molar-refractivity contribution is 14.1. The number of rotatable bonds is 2. The first-order valence-electron chi connectivity index (χ1n) is 5.52. The maximum Gasteiger partial charge on any atom is 0.165 e. The minimum atomic E-state index is -0.389. The van der Waals surface area contributed by atoms with Gasteiger partial charge in [0.2, 0.25) is 0 Å². The molecule has 19 heavy (non-hydrogen) atoms. The number of aromatic nitrogens is 3. The van der Waals surface area contributed by atoms with Crippen LogP contribution in [-0.4, -0.2) is 22.1 Å². The third-order valence-electron chi connectivity index (χ3n) is 2.82. The number of hydrogen-bond donors (Lipinski definition) is 1. The van der Waals surface area contributed by atoms with Crippen LogP contribution in [0.3, 0.4) is 0 Å². The second kappa shape index (κ2) is 4.76. The highest BCUT2D eigenvalue weighted by atomic mass is 127. The topological polar surface area (TPSA) is 50.8 Å². The molecule has 0 saturated heterocycles. The van der Waals surface area contributed by atoms with Crippen molar-refractivity contribution in [1.29, 1.82) is 0 Å². The molecular formula is C13H9FIN3O. The third-order valence-corrected chi connectivity index (χ3v) is 3.40. The lowest BCUT2D eigenvalue weighted by Gasteiger charge is -2.06. The molecule has 2 heterocycles. The van der Waals surface area contributed by atoms with E-state index in [1.54, 1.807) is 12.1 Å². The number of methoxy groups -OCH3 is 1. The van der Waals surface area contributed by atoms with Gasteiger partial charge in [0.1, 0.15) is 12.0 Å². The Labute approximate surface area is 122 Å². The van der Waals surface area contributed by atoms with Crippen LogP contribution in [0.15, 0.2) is 30.6 Å². The Hall–Kier alpha value is -1.70. The van der Waals surface area contributed by atoms with E-state index in [0.717, 1.165) is 26.0 Å². The maximum atomic E-state index is 13.4. The molecular weight excluding hydrogens is 360 g/mol. The average molecular weight is 369 g/mol. The Balaban J connectivity index is 2.24. The molecule has 1 N–H and O–H groups in total. The van der Waals surface area contributed by atoms with Crippen molar-refractivity contribution in [2.24, 2.45) is 0 Å². The fraction of sp³-hybridized carbons (Fsp3) is 0.0769. The Bertz CT molecular complexity index is 757. The Kier molecular flexibility index (Phi) is 3.09. The molecule has 0 amide bonds. The first-order chi connectivity index (χ1) is 9.19. The van der Waals surface area contributed by atoms with E-state index < -0.39 is 0 Å². The van der Waals surface area contributed by atoms with Gasteiger partial charge in [0.05, 0.1) is 16.5 Å². The summed E-state index contributed by atoms with van der Waals surface area (Å²) in [6.07, 6.45) is 1.49. The van der Waals surface area contributed by atoms with Crippen LogP contribution in [0.1, 0.15) is 0 Å². The zero-order chi connectivity index (χ0) is 13.4. The van der Waals surface area contributed by atoms with Gasteiger partial charge in [-0.1, -0.05) is 0 Å². The predicted molar refractivity (Wildman–Crippen MR) is 78.6 cm³/mol. The largest absolute Gasteiger partial charge is 0.494 e. The highest BCUT2D eigenvalue weighted by Crippen LogP contribution is 2.30. The molecule has 0 spiro atoms. The van der Waals surface area contributed by atoms with E-state index in [-0.39, 0.29) is 11.6 Å². The first kappa shape index (κ1) is 12.3. The number of nitrogens with zero attached hydrogens (tertiary/aromatic N) is 2. The fourth-order valence-electron chi connectivity index (χ4n) is 1.94. The van der Waals surface area contributed by atoms with Gasteiger partial charge < -0.3 is 9.72 Å². The summed E-state index contributed by atoms with van der Waals surface area (Å²) in [5, 5.41) is 0.903. The van der Waals surface area contributed by atoms with E-state index in [9.17, 15) is 4.39 Å². The van der Waals surface area contributed by atoms with Crippen molar-refractivity contribution in [1.82, 2.24) is 15.0 Å². The van der Waals surface area contributed by atoms with E-state index in [4.69, 9.17) is 4.74 Å². The zero-order valence-corrected chi connectivity index (χ0v) is 12.1. The minimum Gasteiger partial charge on any atom is -0.494 e. The molecule has 1 aromatic carbocycles. The van der Waals surface area contributed by atoms with Gasteiger partial charge in [-0.2, -0.15) is 0 Å². The van der Waals surface area contributed by atoms with Gasteiger partial charge in [-0.15, -0.1) is 0 Å². The van der Waals surface area contributed by atoms with Gasteiger partial charge >= 0.3 is 0 Å². The molecule has 0 aliphatic rings. The van der Waals surface area contributed by atoms with Crippen LogP contribution in [0.2, 0.25) is 0 Å². The molecule has 2 aromatic heterocycles. The van der Waals surface area contributed by atoms with Gasteiger partial charge in [-0.3, -0.25) is 0 Å². The summed E-state index contributed by atoms with van der Waals surface area (Å²) in [4.78, 5) is 11.6. The molecule has 3 rings (SSSR count). The summed E-state index contributed by atoms with van der Waals surface area (Å²) >= 11 is 2.18. The molecule has 0 unspecified atom stereocenters. The first-order valence-corrected chi connectivity index (χ1v) is 6.60. The number of aromatic amines is 1. The van der Waals surface area contributed by atoms with Gasteiger partial charge in [0.15, 0.2) is 11.6 Å². The molecule has 0 radical (unpaired) electrons. The van der Waals surface area contributed by atoms with E-state index in [0.29, 0.717) is 0 Å². The summed E-state index contributed by atoms with van der Waals surface area (Å²) in [6, 6.07) is 6.65. The molecule has 0 aliphatic carbocycles. The van der Waals surface area contributed by atoms with Crippen molar-refractivity contribution >= 4 is 33.6 Å². The van der Waals surface area contributed by atoms with Crippen molar-refractivity contribution in [3.8, 4) is 17.0 Å². The molecule has 96 valence electrons. The third kappa shape index (κ3) is 2.16. The molecule has 0 fully saturated rings. The lowest BCUT2D eigenvalue weighted by atomic mass is 10.1. The summed E-state index contributed by atoms with van der Waals surface area (Å²) < 4.78 is 19.4. The van der Waals surface area contributed by atoms with E-state index >= 15 is 0 Å². The number of hydrogen-bond acceptors (Lipinski definition) is 3.